The zero-order chi connectivity index (χ0) is 14.4. The molecule has 2 aromatic rings. The molecule has 0 spiro atoms. The Kier molecular flexibility index (Phi) is 3.18. The van der Waals surface area contributed by atoms with Crippen LogP contribution in [0.25, 0.3) is 0 Å². The lowest BCUT2D eigenvalue weighted by molar-refractivity contribution is 0.372. The summed E-state index contributed by atoms with van der Waals surface area (Å²) in [6.45, 7) is 0. The number of fused-ring (bicyclic) bond motifs is 2. The fourth-order valence-electron chi connectivity index (χ4n) is 4.93. The van der Waals surface area contributed by atoms with Crippen molar-refractivity contribution >= 4 is 15.9 Å². The average Bonchev–Trinajstić information content (AvgIpc) is 3.04. The van der Waals surface area contributed by atoms with E-state index in [2.05, 4.69) is 40.2 Å². The lowest BCUT2D eigenvalue weighted by atomic mass is 9.67. The third kappa shape index (κ3) is 1.85. The predicted octanol–water partition coefficient (Wildman–Crippen LogP) is 5.69. The van der Waals surface area contributed by atoms with Crippen LogP contribution in [0, 0.1) is 17.7 Å². The van der Waals surface area contributed by atoms with E-state index < -0.39 is 0 Å². The zero-order valence-corrected chi connectivity index (χ0v) is 13.4. The number of hydrogen-bond acceptors (Lipinski definition) is 0. The van der Waals surface area contributed by atoms with Gasteiger partial charge < -0.3 is 0 Å². The van der Waals surface area contributed by atoms with Crippen LogP contribution in [0.1, 0.15) is 36.8 Å². The van der Waals surface area contributed by atoms with Gasteiger partial charge in [0, 0.05) is 9.89 Å². The van der Waals surface area contributed by atoms with Crippen molar-refractivity contribution in [3.63, 3.8) is 0 Å². The second-order valence-electron chi connectivity index (χ2n) is 6.40. The molecule has 0 saturated heterocycles. The van der Waals surface area contributed by atoms with Gasteiger partial charge >= 0.3 is 0 Å². The number of halogens is 2. The third-order valence-electron chi connectivity index (χ3n) is 5.66. The van der Waals surface area contributed by atoms with Crippen molar-refractivity contribution in [2.45, 2.75) is 31.1 Å². The van der Waals surface area contributed by atoms with E-state index in [0.717, 1.165) is 10.0 Å². The molecular formula is C19H18BrF. The van der Waals surface area contributed by atoms with E-state index in [0.29, 0.717) is 11.8 Å². The van der Waals surface area contributed by atoms with Crippen molar-refractivity contribution < 1.29 is 4.39 Å². The minimum Gasteiger partial charge on any atom is -0.207 e. The van der Waals surface area contributed by atoms with Crippen LogP contribution in [0.4, 0.5) is 4.39 Å². The van der Waals surface area contributed by atoms with Crippen LogP contribution in [0.2, 0.25) is 0 Å². The molecule has 4 rings (SSSR count). The number of rotatable bonds is 2. The SMILES string of the molecule is Fc1ccccc1C1(c2ccc(Br)cc2)C2CCC1CC2. The topological polar surface area (TPSA) is 0 Å². The molecule has 2 aromatic carbocycles. The minimum absolute atomic E-state index is 0.0424. The summed E-state index contributed by atoms with van der Waals surface area (Å²) in [5.74, 6) is 1.13. The Morgan fingerprint density at radius 2 is 1.43 bits per heavy atom. The van der Waals surface area contributed by atoms with Gasteiger partial charge in [0.25, 0.3) is 0 Å². The maximum absolute atomic E-state index is 14.6. The van der Waals surface area contributed by atoms with E-state index in [4.69, 9.17) is 0 Å². The molecule has 0 amide bonds. The normalized spacial score (nSPS) is 30.8. The molecule has 2 aliphatic rings. The summed E-state index contributed by atoms with van der Waals surface area (Å²) in [5.41, 5.74) is 2.10. The van der Waals surface area contributed by atoms with E-state index in [-0.39, 0.29) is 11.2 Å². The van der Waals surface area contributed by atoms with Crippen molar-refractivity contribution in [1.82, 2.24) is 0 Å². The van der Waals surface area contributed by atoms with Gasteiger partial charge in [-0.3, -0.25) is 0 Å². The summed E-state index contributed by atoms with van der Waals surface area (Å²) < 4.78 is 15.7. The fraction of sp³-hybridized carbons (Fsp3) is 0.368. The highest BCUT2D eigenvalue weighted by molar-refractivity contribution is 9.10. The Hall–Kier alpha value is -1.15. The molecule has 0 nitrogen and oxygen atoms in total. The molecule has 0 heterocycles. The van der Waals surface area contributed by atoms with Gasteiger partial charge in [-0.2, -0.15) is 0 Å². The van der Waals surface area contributed by atoms with Crippen LogP contribution in [0.15, 0.2) is 53.0 Å². The van der Waals surface area contributed by atoms with Crippen LogP contribution in [-0.4, -0.2) is 0 Å². The van der Waals surface area contributed by atoms with E-state index in [9.17, 15) is 4.39 Å². The van der Waals surface area contributed by atoms with Gasteiger partial charge in [0.15, 0.2) is 0 Å². The van der Waals surface area contributed by atoms with Crippen LogP contribution < -0.4 is 0 Å². The van der Waals surface area contributed by atoms with E-state index in [1.165, 1.54) is 31.2 Å². The largest absolute Gasteiger partial charge is 0.207 e. The highest BCUT2D eigenvalue weighted by Crippen LogP contribution is 2.62. The van der Waals surface area contributed by atoms with E-state index in [1.807, 2.05) is 12.1 Å². The third-order valence-corrected chi connectivity index (χ3v) is 6.19. The Labute approximate surface area is 133 Å². The molecule has 2 fully saturated rings. The second-order valence-corrected chi connectivity index (χ2v) is 7.32. The number of benzene rings is 2. The van der Waals surface area contributed by atoms with Gasteiger partial charge in [0.05, 0.1) is 0 Å². The molecule has 0 aromatic heterocycles. The van der Waals surface area contributed by atoms with Gasteiger partial charge in [-0.15, -0.1) is 0 Å². The quantitative estimate of drug-likeness (QED) is 0.655. The van der Waals surface area contributed by atoms with Crippen molar-refractivity contribution in [3.05, 3.63) is 69.9 Å². The van der Waals surface area contributed by atoms with Gasteiger partial charge in [0.1, 0.15) is 5.82 Å². The minimum atomic E-state index is -0.105. The Balaban J connectivity index is 1.96. The standard InChI is InChI=1S/C19H18BrF/c20-16-11-9-15(10-12-16)19(13-5-6-14(19)8-7-13)17-3-1-2-4-18(17)21/h1-4,9-14H,5-8H2. The van der Waals surface area contributed by atoms with Crippen molar-refractivity contribution in [2.24, 2.45) is 11.8 Å². The van der Waals surface area contributed by atoms with Crippen LogP contribution in [0.3, 0.4) is 0 Å². The summed E-state index contributed by atoms with van der Waals surface area (Å²) in [7, 11) is 0. The summed E-state index contributed by atoms with van der Waals surface area (Å²) in [6, 6.07) is 16.0. The van der Waals surface area contributed by atoms with Gasteiger partial charge in [-0.05, 0) is 66.8 Å². The molecule has 2 heteroatoms. The van der Waals surface area contributed by atoms with Crippen LogP contribution in [-0.2, 0) is 5.41 Å². The molecule has 0 atom stereocenters. The van der Waals surface area contributed by atoms with Gasteiger partial charge in [-0.25, -0.2) is 4.39 Å². The first-order valence-electron chi connectivity index (χ1n) is 7.74. The van der Waals surface area contributed by atoms with Gasteiger partial charge in [-0.1, -0.05) is 46.3 Å². The molecule has 21 heavy (non-hydrogen) atoms. The van der Waals surface area contributed by atoms with Crippen molar-refractivity contribution in [1.29, 1.82) is 0 Å². The first kappa shape index (κ1) is 13.5. The molecule has 108 valence electrons. The highest BCUT2D eigenvalue weighted by atomic mass is 79.9. The molecular weight excluding hydrogens is 327 g/mol. The van der Waals surface area contributed by atoms with Crippen LogP contribution in [0.5, 0.6) is 0 Å². The summed E-state index contributed by atoms with van der Waals surface area (Å²) in [5, 5.41) is 0. The first-order valence-corrected chi connectivity index (χ1v) is 8.53. The van der Waals surface area contributed by atoms with E-state index in [1.54, 1.807) is 12.1 Å². The Morgan fingerprint density at radius 3 is 2.00 bits per heavy atom. The predicted molar refractivity (Wildman–Crippen MR) is 86.8 cm³/mol. The zero-order valence-electron chi connectivity index (χ0n) is 11.9. The smallest absolute Gasteiger partial charge is 0.127 e. The number of hydrogen-bond donors (Lipinski definition) is 0. The summed E-state index contributed by atoms with van der Waals surface area (Å²) in [4.78, 5) is 0. The molecule has 0 aliphatic heterocycles. The Bertz CT molecular complexity index is 642. The second kappa shape index (κ2) is 4.95. The molecule has 2 aliphatic carbocycles. The van der Waals surface area contributed by atoms with Crippen LogP contribution >= 0.6 is 15.9 Å². The van der Waals surface area contributed by atoms with Crippen molar-refractivity contribution in [2.75, 3.05) is 0 Å². The summed E-state index contributed by atoms with van der Waals surface area (Å²) in [6.07, 6.45) is 4.92. The molecule has 0 radical (unpaired) electrons. The molecule has 0 unspecified atom stereocenters. The average molecular weight is 345 g/mol. The van der Waals surface area contributed by atoms with Gasteiger partial charge in [0.2, 0.25) is 0 Å². The fourth-order valence-corrected chi connectivity index (χ4v) is 5.19. The lowest BCUT2D eigenvalue weighted by Crippen LogP contribution is -2.34. The lowest BCUT2D eigenvalue weighted by Gasteiger charge is -2.36. The summed E-state index contributed by atoms with van der Waals surface area (Å²) >= 11 is 3.51. The monoisotopic (exact) mass is 344 g/mol. The molecule has 2 saturated carbocycles. The highest BCUT2D eigenvalue weighted by Gasteiger charge is 2.56. The molecule has 0 N–H and O–H groups in total. The molecule has 2 bridgehead atoms. The van der Waals surface area contributed by atoms with Crippen molar-refractivity contribution in [3.8, 4) is 0 Å². The maximum Gasteiger partial charge on any atom is 0.127 e. The Morgan fingerprint density at radius 1 is 0.857 bits per heavy atom. The van der Waals surface area contributed by atoms with E-state index >= 15 is 0 Å². The first-order chi connectivity index (χ1) is 10.2. The maximum atomic E-state index is 14.6.